The van der Waals surface area contributed by atoms with E-state index in [9.17, 15) is 13.2 Å². The summed E-state index contributed by atoms with van der Waals surface area (Å²) in [7, 11) is -3.53. The van der Waals surface area contributed by atoms with Crippen LogP contribution in [-0.2, 0) is 14.8 Å². The minimum Gasteiger partial charge on any atom is -0.494 e. The van der Waals surface area contributed by atoms with Gasteiger partial charge in [-0.3, -0.25) is 9.69 Å². The van der Waals surface area contributed by atoms with E-state index >= 15 is 0 Å². The molecule has 1 aliphatic heterocycles. The van der Waals surface area contributed by atoms with Crippen molar-refractivity contribution >= 4 is 15.9 Å². The summed E-state index contributed by atoms with van der Waals surface area (Å²) >= 11 is 0. The molecule has 7 nitrogen and oxygen atoms in total. The van der Waals surface area contributed by atoms with Gasteiger partial charge in [0, 0.05) is 32.7 Å². The maximum absolute atomic E-state index is 12.8. The molecule has 0 unspecified atom stereocenters. The van der Waals surface area contributed by atoms with Gasteiger partial charge < -0.3 is 10.1 Å². The third kappa shape index (κ3) is 4.96. The van der Waals surface area contributed by atoms with Gasteiger partial charge in [-0.05, 0) is 44.5 Å². The Morgan fingerprint density at radius 1 is 1.15 bits per heavy atom. The molecule has 1 fully saturated rings. The lowest BCUT2D eigenvalue weighted by atomic mass is 10.2. The Morgan fingerprint density at radius 3 is 2.31 bits per heavy atom. The lowest BCUT2D eigenvalue weighted by Crippen LogP contribution is -2.54. The zero-order chi connectivity index (χ0) is 19.2. The first-order chi connectivity index (χ1) is 12.4. The summed E-state index contributed by atoms with van der Waals surface area (Å²) in [5, 5.41) is 2.89. The largest absolute Gasteiger partial charge is 0.494 e. The number of sulfonamides is 1. The van der Waals surface area contributed by atoms with Crippen LogP contribution in [0.1, 0.15) is 27.2 Å². The van der Waals surface area contributed by atoms with Gasteiger partial charge in [0.25, 0.3) is 0 Å². The Kier molecular flexibility index (Phi) is 7.43. The highest BCUT2D eigenvalue weighted by atomic mass is 32.2. The van der Waals surface area contributed by atoms with Crippen molar-refractivity contribution in [3.05, 3.63) is 24.3 Å². The van der Waals surface area contributed by atoms with Crippen molar-refractivity contribution in [1.82, 2.24) is 14.5 Å². The van der Waals surface area contributed by atoms with Crippen molar-refractivity contribution in [2.24, 2.45) is 0 Å². The van der Waals surface area contributed by atoms with Crippen LogP contribution in [-0.4, -0.2) is 68.9 Å². The van der Waals surface area contributed by atoms with Crippen LogP contribution in [0, 0.1) is 0 Å². The predicted octanol–water partition coefficient (Wildman–Crippen LogP) is 1.31. The van der Waals surface area contributed by atoms with Crippen molar-refractivity contribution in [2.75, 3.05) is 39.3 Å². The van der Waals surface area contributed by atoms with Gasteiger partial charge >= 0.3 is 0 Å². The fraction of sp³-hybridized carbons (Fsp3) is 0.611. The normalized spacial score (nSPS) is 17.7. The van der Waals surface area contributed by atoms with Crippen molar-refractivity contribution in [2.45, 2.75) is 38.1 Å². The van der Waals surface area contributed by atoms with Crippen LogP contribution in [0.5, 0.6) is 5.75 Å². The SMILES string of the molecule is CCCNC(=O)[C@@H](C)N1CCN(S(=O)(=O)c2ccc(OCC)cc2)CC1. The molecule has 0 aliphatic carbocycles. The van der Waals surface area contributed by atoms with Gasteiger partial charge in [-0.25, -0.2) is 8.42 Å². The standard InChI is InChI=1S/C18H29N3O4S/c1-4-10-19-18(22)15(3)20-11-13-21(14-12-20)26(23,24)17-8-6-16(7-9-17)25-5-2/h6-9,15H,4-5,10-14H2,1-3H3,(H,19,22)/t15-/m1/s1. The number of hydrogen-bond acceptors (Lipinski definition) is 5. The Bertz CT molecular complexity index is 683. The van der Waals surface area contributed by atoms with Gasteiger partial charge in [-0.15, -0.1) is 0 Å². The second kappa shape index (κ2) is 9.34. The lowest BCUT2D eigenvalue weighted by Gasteiger charge is -2.36. The molecular weight excluding hydrogens is 354 g/mol. The molecule has 0 radical (unpaired) electrons. The van der Waals surface area contributed by atoms with Gasteiger partial charge in [0.05, 0.1) is 17.5 Å². The summed E-state index contributed by atoms with van der Waals surface area (Å²) in [6.07, 6.45) is 0.895. The van der Waals surface area contributed by atoms with E-state index in [1.165, 1.54) is 4.31 Å². The van der Waals surface area contributed by atoms with Crippen LogP contribution >= 0.6 is 0 Å². The summed E-state index contributed by atoms with van der Waals surface area (Å²) in [6, 6.07) is 6.25. The molecule has 0 saturated carbocycles. The minimum absolute atomic E-state index is 0.00494. The van der Waals surface area contributed by atoms with Crippen molar-refractivity contribution < 1.29 is 17.9 Å². The van der Waals surface area contributed by atoms with E-state index in [0.717, 1.165) is 6.42 Å². The number of ether oxygens (including phenoxy) is 1. The molecule has 1 heterocycles. The summed E-state index contributed by atoms with van der Waals surface area (Å²) in [5.74, 6) is 0.651. The first kappa shape index (κ1) is 20.7. The fourth-order valence-electron chi connectivity index (χ4n) is 2.92. The van der Waals surface area contributed by atoms with E-state index in [2.05, 4.69) is 5.32 Å². The number of hydrogen-bond donors (Lipinski definition) is 1. The van der Waals surface area contributed by atoms with Crippen LogP contribution in [0.15, 0.2) is 29.2 Å². The molecule has 1 amide bonds. The van der Waals surface area contributed by atoms with Crippen molar-refractivity contribution in [3.8, 4) is 5.75 Å². The zero-order valence-electron chi connectivity index (χ0n) is 15.8. The average Bonchev–Trinajstić information content (AvgIpc) is 2.66. The van der Waals surface area contributed by atoms with Gasteiger partial charge in [0.1, 0.15) is 5.75 Å². The molecule has 0 aromatic heterocycles. The van der Waals surface area contributed by atoms with Gasteiger partial charge in [0.15, 0.2) is 0 Å². The Morgan fingerprint density at radius 2 is 1.77 bits per heavy atom. The molecule has 2 rings (SSSR count). The summed E-state index contributed by atoms with van der Waals surface area (Å²) in [5.41, 5.74) is 0. The van der Waals surface area contributed by atoms with E-state index in [0.29, 0.717) is 45.1 Å². The van der Waals surface area contributed by atoms with E-state index in [1.54, 1.807) is 24.3 Å². The quantitative estimate of drug-likeness (QED) is 0.732. The van der Waals surface area contributed by atoms with Gasteiger partial charge in [0.2, 0.25) is 15.9 Å². The highest BCUT2D eigenvalue weighted by molar-refractivity contribution is 7.89. The second-order valence-electron chi connectivity index (χ2n) is 6.31. The number of amides is 1. The third-order valence-electron chi connectivity index (χ3n) is 4.52. The molecule has 1 aliphatic rings. The van der Waals surface area contributed by atoms with Crippen LogP contribution in [0.2, 0.25) is 0 Å². The minimum atomic E-state index is -3.53. The van der Waals surface area contributed by atoms with Crippen LogP contribution in [0.3, 0.4) is 0 Å². The van der Waals surface area contributed by atoms with Crippen LogP contribution in [0.4, 0.5) is 0 Å². The molecule has 1 N–H and O–H groups in total. The molecule has 1 aromatic rings. The maximum atomic E-state index is 12.8. The fourth-order valence-corrected chi connectivity index (χ4v) is 4.34. The first-order valence-electron chi connectivity index (χ1n) is 9.15. The third-order valence-corrected chi connectivity index (χ3v) is 6.44. The molecule has 0 spiro atoms. The van der Waals surface area contributed by atoms with Gasteiger partial charge in [-0.1, -0.05) is 6.92 Å². The molecular formula is C18H29N3O4S. The monoisotopic (exact) mass is 383 g/mol. The zero-order valence-corrected chi connectivity index (χ0v) is 16.6. The highest BCUT2D eigenvalue weighted by Crippen LogP contribution is 2.21. The molecule has 1 aromatic carbocycles. The summed E-state index contributed by atoms with van der Waals surface area (Å²) in [6.45, 7) is 8.79. The number of piperazine rings is 1. The number of rotatable bonds is 8. The Balaban J connectivity index is 1.96. The summed E-state index contributed by atoms with van der Waals surface area (Å²) in [4.78, 5) is 14.4. The molecule has 1 atom stereocenters. The molecule has 146 valence electrons. The van der Waals surface area contributed by atoms with E-state index in [1.807, 2.05) is 25.7 Å². The van der Waals surface area contributed by atoms with E-state index in [-0.39, 0.29) is 16.8 Å². The van der Waals surface area contributed by atoms with E-state index < -0.39 is 10.0 Å². The average molecular weight is 384 g/mol. The number of carbonyl (C=O) groups is 1. The molecule has 8 heteroatoms. The number of benzene rings is 1. The predicted molar refractivity (Wildman–Crippen MR) is 101 cm³/mol. The Hall–Kier alpha value is -1.64. The smallest absolute Gasteiger partial charge is 0.243 e. The topological polar surface area (TPSA) is 79.0 Å². The summed E-state index contributed by atoms with van der Waals surface area (Å²) < 4.78 is 32.4. The Labute approximate surface area is 156 Å². The highest BCUT2D eigenvalue weighted by Gasteiger charge is 2.31. The molecule has 1 saturated heterocycles. The van der Waals surface area contributed by atoms with Crippen LogP contribution in [0.25, 0.3) is 0 Å². The number of nitrogens with one attached hydrogen (secondary N) is 1. The molecule has 0 bridgehead atoms. The van der Waals surface area contributed by atoms with Crippen LogP contribution < -0.4 is 10.1 Å². The van der Waals surface area contributed by atoms with Crippen molar-refractivity contribution in [3.63, 3.8) is 0 Å². The number of nitrogens with zero attached hydrogens (tertiary/aromatic N) is 2. The van der Waals surface area contributed by atoms with E-state index in [4.69, 9.17) is 4.74 Å². The van der Waals surface area contributed by atoms with Crippen molar-refractivity contribution in [1.29, 1.82) is 0 Å². The molecule has 26 heavy (non-hydrogen) atoms. The number of carbonyl (C=O) groups excluding carboxylic acids is 1. The lowest BCUT2D eigenvalue weighted by molar-refractivity contribution is -0.126. The first-order valence-corrected chi connectivity index (χ1v) is 10.6. The second-order valence-corrected chi connectivity index (χ2v) is 8.25. The maximum Gasteiger partial charge on any atom is 0.243 e. The van der Waals surface area contributed by atoms with Gasteiger partial charge in [-0.2, -0.15) is 4.31 Å².